The van der Waals surface area contributed by atoms with E-state index in [2.05, 4.69) is 5.32 Å². The maximum absolute atomic E-state index is 13.1. The predicted molar refractivity (Wildman–Crippen MR) is 81.2 cm³/mol. The molecule has 0 spiro atoms. The van der Waals surface area contributed by atoms with Crippen LogP contribution >= 0.6 is 11.6 Å². The molecule has 1 heterocycles. The Morgan fingerprint density at radius 2 is 2.05 bits per heavy atom. The molecule has 0 fully saturated rings. The Labute approximate surface area is 127 Å². The van der Waals surface area contributed by atoms with Crippen molar-refractivity contribution in [2.45, 2.75) is 6.54 Å². The highest BCUT2D eigenvalue weighted by Crippen LogP contribution is 2.26. The number of amides is 1. The molecule has 21 heavy (non-hydrogen) atoms. The summed E-state index contributed by atoms with van der Waals surface area (Å²) in [5, 5.41) is 3.41. The Kier molecular flexibility index (Phi) is 3.90. The summed E-state index contributed by atoms with van der Waals surface area (Å²) in [6.07, 6.45) is 0. The Morgan fingerprint density at radius 1 is 1.24 bits per heavy atom. The zero-order valence-electron chi connectivity index (χ0n) is 11.3. The van der Waals surface area contributed by atoms with E-state index < -0.39 is 5.82 Å². The average molecular weight is 305 g/mol. The number of carbonyl (C=O) groups excluding carboxylic acids is 1. The highest BCUT2D eigenvalue weighted by Gasteiger charge is 2.23. The van der Waals surface area contributed by atoms with E-state index in [0.717, 1.165) is 23.9 Å². The molecule has 0 bridgehead atoms. The molecular weight excluding hydrogens is 291 g/mol. The minimum absolute atomic E-state index is 0.134. The lowest BCUT2D eigenvalue weighted by Gasteiger charge is -2.23. The first kappa shape index (κ1) is 14.0. The highest BCUT2D eigenvalue weighted by molar-refractivity contribution is 6.34. The Morgan fingerprint density at radius 3 is 2.86 bits per heavy atom. The molecule has 3 rings (SSSR count). The van der Waals surface area contributed by atoms with Crippen molar-refractivity contribution in [3.63, 3.8) is 0 Å². The molecule has 1 aliphatic rings. The van der Waals surface area contributed by atoms with Gasteiger partial charge in [0.15, 0.2) is 0 Å². The third kappa shape index (κ3) is 2.77. The minimum Gasteiger partial charge on any atom is -0.311 e. The Hall–Kier alpha value is -1.91. The molecule has 1 amide bonds. The number of para-hydroxylation sites is 1. The number of nitrogens with zero attached hydrogens (tertiary/aromatic N) is 1. The van der Waals surface area contributed by atoms with Gasteiger partial charge in [-0.15, -0.1) is 0 Å². The van der Waals surface area contributed by atoms with E-state index in [-0.39, 0.29) is 10.9 Å². The summed E-state index contributed by atoms with van der Waals surface area (Å²) in [5.74, 6) is -0.661. The molecule has 0 aliphatic carbocycles. The van der Waals surface area contributed by atoms with Crippen LogP contribution in [-0.4, -0.2) is 19.0 Å². The molecule has 0 saturated heterocycles. The monoisotopic (exact) mass is 304 g/mol. The number of halogens is 2. The van der Waals surface area contributed by atoms with Gasteiger partial charge in [0.05, 0.1) is 10.6 Å². The van der Waals surface area contributed by atoms with Gasteiger partial charge >= 0.3 is 0 Å². The quantitative estimate of drug-likeness (QED) is 0.877. The molecule has 108 valence electrons. The summed E-state index contributed by atoms with van der Waals surface area (Å²) in [6, 6.07) is 11.6. The van der Waals surface area contributed by atoms with Gasteiger partial charge < -0.3 is 10.2 Å². The van der Waals surface area contributed by atoms with Crippen molar-refractivity contribution in [1.29, 1.82) is 0 Å². The van der Waals surface area contributed by atoms with Gasteiger partial charge in [-0.05, 0) is 29.8 Å². The lowest BCUT2D eigenvalue weighted by Crippen LogP contribution is -2.34. The maximum atomic E-state index is 13.1. The van der Waals surface area contributed by atoms with Gasteiger partial charge in [-0.3, -0.25) is 4.79 Å². The van der Waals surface area contributed by atoms with Crippen molar-refractivity contribution in [1.82, 2.24) is 5.32 Å². The summed E-state index contributed by atoms with van der Waals surface area (Å²) in [6.45, 7) is 1.96. The fourth-order valence-electron chi connectivity index (χ4n) is 2.48. The van der Waals surface area contributed by atoms with Gasteiger partial charge in [0.1, 0.15) is 5.82 Å². The number of rotatable bonds is 1. The van der Waals surface area contributed by atoms with Crippen molar-refractivity contribution in [3.05, 3.63) is 64.4 Å². The summed E-state index contributed by atoms with van der Waals surface area (Å²) in [7, 11) is 0. The third-order valence-electron chi connectivity index (χ3n) is 3.52. The van der Waals surface area contributed by atoms with E-state index in [0.29, 0.717) is 18.7 Å². The van der Waals surface area contributed by atoms with E-state index in [1.807, 2.05) is 24.3 Å². The number of fused-ring (bicyclic) bond motifs is 1. The Bertz CT molecular complexity index is 690. The summed E-state index contributed by atoms with van der Waals surface area (Å²) in [5.41, 5.74) is 2.24. The number of hydrogen-bond acceptors (Lipinski definition) is 2. The number of anilines is 1. The van der Waals surface area contributed by atoms with Gasteiger partial charge in [0.2, 0.25) is 0 Å². The largest absolute Gasteiger partial charge is 0.311 e. The second kappa shape index (κ2) is 5.84. The fourth-order valence-corrected chi connectivity index (χ4v) is 2.73. The molecule has 2 aromatic rings. The van der Waals surface area contributed by atoms with Crippen LogP contribution in [0.25, 0.3) is 0 Å². The molecule has 0 unspecified atom stereocenters. The number of carbonyl (C=O) groups is 1. The van der Waals surface area contributed by atoms with E-state index in [1.165, 1.54) is 12.1 Å². The van der Waals surface area contributed by atoms with Crippen molar-refractivity contribution >= 4 is 23.2 Å². The van der Waals surface area contributed by atoms with Crippen LogP contribution in [0.1, 0.15) is 15.9 Å². The lowest BCUT2D eigenvalue weighted by atomic mass is 10.1. The summed E-state index contributed by atoms with van der Waals surface area (Å²) in [4.78, 5) is 14.4. The molecule has 0 atom stereocenters. The topological polar surface area (TPSA) is 32.3 Å². The second-order valence-corrected chi connectivity index (χ2v) is 5.29. The standard InChI is InChI=1S/C16H14ClFN2O/c17-14-9-12(18)5-6-13(14)16(21)20-8-7-19-10-11-3-1-2-4-15(11)20/h1-6,9,19H,7-8,10H2. The normalized spacial score (nSPS) is 14.5. The smallest absolute Gasteiger partial charge is 0.259 e. The fraction of sp³-hybridized carbons (Fsp3) is 0.188. The van der Waals surface area contributed by atoms with Gasteiger partial charge in [-0.2, -0.15) is 0 Å². The second-order valence-electron chi connectivity index (χ2n) is 4.89. The first-order valence-corrected chi connectivity index (χ1v) is 7.10. The summed E-state index contributed by atoms with van der Waals surface area (Å²) < 4.78 is 13.1. The van der Waals surface area contributed by atoms with Crippen LogP contribution in [0.15, 0.2) is 42.5 Å². The molecule has 0 aromatic heterocycles. The first-order valence-electron chi connectivity index (χ1n) is 6.72. The molecule has 0 saturated carbocycles. The zero-order chi connectivity index (χ0) is 14.8. The van der Waals surface area contributed by atoms with E-state index >= 15 is 0 Å². The SMILES string of the molecule is O=C(c1ccc(F)cc1Cl)N1CCNCc2ccccc21. The predicted octanol–water partition coefficient (Wildman–Crippen LogP) is 3.23. The van der Waals surface area contributed by atoms with Crippen molar-refractivity contribution in [3.8, 4) is 0 Å². The molecule has 2 aromatic carbocycles. The number of benzene rings is 2. The molecule has 1 N–H and O–H groups in total. The van der Waals surface area contributed by atoms with Gasteiger partial charge in [0.25, 0.3) is 5.91 Å². The van der Waals surface area contributed by atoms with Crippen LogP contribution in [-0.2, 0) is 6.54 Å². The zero-order valence-corrected chi connectivity index (χ0v) is 12.0. The van der Waals surface area contributed by atoms with E-state index in [4.69, 9.17) is 11.6 Å². The maximum Gasteiger partial charge on any atom is 0.259 e. The first-order chi connectivity index (χ1) is 10.2. The van der Waals surface area contributed by atoms with Crippen molar-refractivity contribution < 1.29 is 9.18 Å². The lowest BCUT2D eigenvalue weighted by molar-refractivity contribution is 0.0987. The van der Waals surface area contributed by atoms with Gasteiger partial charge in [-0.1, -0.05) is 29.8 Å². The van der Waals surface area contributed by atoms with Crippen LogP contribution < -0.4 is 10.2 Å². The van der Waals surface area contributed by atoms with Gasteiger partial charge in [-0.25, -0.2) is 4.39 Å². The van der Waals surface area contributed by atoms with Gasteiger partial charge in [0, 0.05) is 25.3 Å². The molecule has 0 radical (unpaired) electrons. The molecule has 1 aliphatic heterocycles. The molecular formula is C16H14ClFN2O. The van der Waals surface area contributed by atoms with E-state index in [9.17, 15) is 9.18 Å². The molecule has 5 heteroatoms. The average Bonchev–Trinajstić information content (AvgIpc) is 2.69. The van der Waals surface area contributed by atoms with Crippen LogP contribution in [0.3, 0.4) is 0 Å². The third-order valence-corrected chi connectivity index (χ3v) is 3.83. The number of nitrogens with one attached hydrogen (secondary N) is 1. The summed E-state index contributed by atoms with van der Waals surface area (Å²) >= 11 is 6.01. The van der Waals surface area contributed by atoms with Crippen molar-refractivity contribution in [2.75, 3.05) is 18.0 Å². The van der Waals surface area contributed by atoms with Crippen LogP contribution in [0, 0.1) is 5.82 Å². The van der Waals surface area contributed by atoms with Crippen LogP contribution in [0.4, 0.5) is 10.1 Å². The van der Waals surface area contributed by atoms with E-state index in [1.54, 1.807) is 4.90 Å². The Balaban J connectivity index is 2.01. The molecule has 3 nitrogen and oxygen atoms in total. The highest BCUT2D eigenvalue weighted by atomic mass is 35.5. The minimum atomic E-state index is -0.450. The van der Waals surface area contributed by atoms with Crippen LogP contribution in [0.2, 0.25) is 5.02 Å². The number of hydrogen-bond donors (Lipinski definition) is 1. The van der Waals surface area contributed by atoms with Crippen molar-refractivity contribution in [2.24, 2.45) is 0 Å². The van der Waals surface area contributed by atoms with Crippen LogP contribution in [0.5, 0.6) is 0 Å².